The summed E-state index contributed by atoms with van der Waals surface area (Å²) in [4.78, 5) is 45.0. The highest BCUT2D eigenvalue weighted by atomic mass is 16.2. The first-order valence-corrected chi connectivity index (χ1v) is 9.64. The number of anilines is 2. The van der Waals surface area contributed by atoms with Crippen molar-refractivity contribution in [2.75, 3.05) is 29.9 Å². The Balaban J connectivity index is 1.35. The average molecular weight is 368 g/mol. The third-order valence-electron chi connectivity index (χ3n) is 5.61. The van der Waals surface area contributed by atoms with Gasteiger partial charge in [-0.2, -0.15) is 0 Å². The van der Waals surface area contributed by atoms with Gasteiger partial charge in [-0.1, -0.05) is 12.2 Å². The van der Waals surface area contributed by atoms with Crippen LogP contribution in [0.4, 0.5) is 11.5 Å². The number of imide groups is 1. The van der Waals surface area contributed by atoms with E-state index >= 15 is 0 Å². The van der Waals surface area contributed by atoms with Crippen LogP contribution in [0.1, 0.15) is 32.1 Å². The third-order valence-corrected chi connectivity index (χ3v) is 5.61. The van der Waals surface area contributed by atoms with Crippen molar-refractivity contribution in [1.82, 2.24) is 9.88 Å². The van der Waals surface area contributed by atoms with Crippen molar-refractivity contribution >= 4 is 29.2 Å². The maximum absolute atomic E-state index is 12.4. The number of hydrogen-bond acceptors (Lipinski definition) is 5. The number of aromatic nitrogens is 1. The molecule has 3 amide bonds. The van der Waals surface area contributed by atoms with E-state index in [4.69, 9.17) is 0 Å². The van der Waals surface area contributed by atoms with Gasteiger partial charge in [-0.15, -0.1) is 0 Å². The van der Waals surface area contributed by atoms with Gasteiger partial charge in [0.25, 0.3) is 0 Å². The largest absolute Gasteiger partial charge is 0.357 e. The van der Waals surface area contributed by atoms with Gasteiger partial charge in [-0.05, 0) is 44.2 Å². The smallest absolute Gasteiger partial charge is 0.244 e. The molecule has 7 heteroatoms. The van der Waals surface area contributed by atoms with E-state index in [1.165, 1.54) is 19.3 Å². The van der Waals surface area contributed by atoms with E-state index in [0.717, 1.165) is 23.8 Å². The summed E-state index contributed by atoms with van der Waals surface area (Å²) in [5, 5.41) is 2.74. The van der Waals surface area contributed by atoms with Gasteiger partial charge in [0.2, 0.25) is 17.7 Å². The second-order valence-electron chi connectivity index (χ2n) is 7.42. The highest BCUT2D eigenvalue weighted by molar-refractivity contribution is 6.08. The van der Waals surface area contributed by atoms with E-state index in [2.05, 4.69) is 15.2 Å². The van der Waals surface area contributed by atoms with Crippen LogP contribution in [0.15, 0.2) is 30.5 Å². The molecule has 1 N–H and O–H groups in total. The lowest BCUT2D eigenvalue weighted by Gasteiger charge is -2.27. The molecule has 0 aromatic carbocycles. The van der Waals surface area contributed by atoms with Crippen LogP contribution in [0.5, 0.6) is 0 Å². The maximum Gasteiger partial charge on any atom is 0.244 e. The fourth-order valence-electron chi connectivity index (χ4n) is 4.14. The monoisotopic (exact) mass is 368 g/mol. The summed E-state index contributed by atoms with van der Waals surface area (Å²) in [5.74, 6) is -0.544. The zero-order valence-electron chi connectivity index (χ0n) is 15.3. The van der Waals surface area contributed by atoms with Gasteiger partial charge in [-0.25, -0.2) is 4.98 Å². The number of rotatable bonds is 4. The first kappa shape index (κ1) is 17.7. The fraction of sp³-hybridized carbons (Fsp3) is 0.500. The van der Waals surface area contributed by atoms with E-state index in [9.17, 15) is 14.4 Å². The summed E-state index contributed by atoms with van der Waals surface area (Å²) < 4.78 is 0. The number of carbonyl (C=O) groups is 3. The normalized spacial score (nSPS) is 24.9. The Morgan fingerprint density at radius 3 is 2.30 bits per heavy atom. The average Bonchev–Trinajstić information content (AvgIpc) is 2.94. The fourth-order valence-corrected chi connectivity index (χ4v) is 4.14. The Hall–Kier alpha value is -2.70. The molecule has 3 aliphatic rings. The van der Waals surface area contributed by atoms with Crippen LogP contribution in [-0.4, -0.2) is 47.2 Å². The van der Waals surface area contributed by atoms with Crippen molar-refractivity contribution < 1.29 is 14.4 Å². The van der Waals surface area contributed by atoms with Gasteiger partial charge in [0, 0.05) is 13.1 Å². The van der Waals surface area contributed by atoms with E-state index < -0.39 is 0 Å². The molecular formula is C20H24N4O3. The van der Waals surface area contributed by atoms with E-state index in [1.807, 2.05) is 24.3 Å². The molecule has 1 aliphatic carbocycles. The van der Waals surface area contributed by atoms with Crippen molar-refractivity contribution in [2.45, 2.75) is 32.1 Å². The van der Waals surface area contributed by atoms with Crippen molar-refractivity contribution in [1.29, 1.82) is 0 Å². The molecule has 2 atom stereocenters. The van der Waals surface area contributed by atoms with Crippen LogP contribution in [0.25, 0.3) is 0 Å². The van der Waals surface area contributed by atoms with Crippen LogP contribution in [0.3, 0.4) is 0 Å². The lowest BCUT2D eigenvalue weighted by Crippen LogP contribution is -2.38. The second-order valence-corrected chi connectivity index (χ2v) is 7.42. The molecule has 2 unspecified atom stereocenters. The number of pyridine rings is 1. The molecule has 142 valence electrons. The summed E-state index contributed by atoms with van der Waals surface area (Å²) in [6, 6.07) is 3.71. The molecule has 27 heavy (non-hydrogen) atoms. The Kier molecular flexibility index (Phi) is 4.92. The number of hydrogen-bond donors (Lipinski definition) is 1. The number of carbonyl (C=O) groups excluding carboxylic acids is 3. The van der Waals surface area contributed by atoms with Crippen molar-refractivity contribution in [3.8, 4) is 0 Å². The number of fused-ring (bicyclic) bond motifs is 1. The van der Waals surface area contributed by atoms with E-state index in [0.29, 0.717) is 18.5 Å². The molecule has 4 rings (SSSR count). The van der Waals surface area contributed by atoms with Crippen molar-refractivity contribution in [3.05, 3.63) is 30.5 Å². The molecule has 3 heterocycles. The number of nitrogens with zero attached hydrogens (tertiary/aromatic N) is 3. The van der Waals surface area contributed by atoms with E-state index in [-0.39, 0.29) is 36.1 Å². The maximum atomic E-state index is 12.4. The number of likely N-dealkylation sites (tertiary alicyclic amines) is 1. The Morgan fingerprint density at radius 1 is 1.04 bits per heavy atom. The third kappa shape index (κ3) is 3.59. The minimum atomic E-state index is -0.379. The van der Waals surface area contributed by atoms with Gasteiger partial charge in [-0.3, -0.25) is 19.3 Å². The highest BCUT2D eigenvalue weighted by Crippen LogP contribution is 2.34. The van der Waals surface area contributed by atoms with Gasteiger partial charge in [0.1, 0.15) is 12.4 Å². The Bertz CT molecular complexity index is 742. The molecule has 2 saturated heterocycles. The van der Waals surface area contributed by atoms with Gasteiger partial charge >= 0.3 is 0 Å². The SMILES string of the molecule is O=C(CN1C(=O)C2CC=CCC2C1=O)Nc1ccc(N2CCCCC2)nc1. The molecular weight excluding hydrogens is 344 g/mol. The summed E-state index contributed by atoms with van der Waals surface area (Å²) in [5.41, 5.74) is 0.568. The number of allylic oxidation sites excluding steroid dienone is 2. The van der Waals surface area contributed by atoms with Gasteiger partial charge < -0.3 is 10.2 Å². The Labute approximate surface area is 158 Å². The van der Waals surface area contributed by atoms with Crippen LogP contribution in [0.2, 0.25) is 0 Å². The number of nitrogens with one attached hydrogen (secondary N) is 1. The molecule has 0 bridgehead atoms. The molecule has 1 aromatic rings. The Morgan fingerprint density at radius 2 is 1.70 bits per heavy atom. The van der Waals surface area contributed by atoms with Gasteiger partial charge in [0.15, 0.2) is 0 Å². The molecule has 0 spiro atoms. The number of amides is 3. The minimum Gasteiger partial charge on any atom is -0.357 e. The minimum absolute atomic E-state index is 0.233. The second kappa shape index (κ2) is 7.50. The van der Waals surface area contributed by atoms with E-state index in [1.54, 1.807) is 6.20 Å². The van der Waals surface area contributed by atoms with Crippen molar-refractivity contribution in [2.24, 2.45) is 11.8 Å². The van der Waals surface area contributed by atoms with Crippen LogP contribution in [-0.2, 0) is 14.4 Å². The first-order valence-electron chi connectivity index (χ1n) is 9.64. The lowest BCUT2D eigenvalue weighted by atomic mass is 9.85. The summed E-state index contributed by atoms with van der Waals surface area (Å²) in [6.45, 7) is 1.78. The molecule has 2 aliphatic heterocycles. The van der Waals surface area contributed by atoms with Crippen LogP contribution < -0.4 is 10.2 Å². The number of piperidine rings is 1. The summed E-state index contributed by atoms with van der Waals surface area (Å²) >= 11 is 0. The lowest BCUT2D eigenvalue weighted by molar-refractivity contribution is -0.142. The molecule has 1 aromatic heterocycles. The standard InChI is InChI=1S/C20H24N4O3/c25-18(13-24-19(26)15-6-2-3-7-16(15)20(24)27)22-14-8-9-17(21-12-14)23-10-4-1-5-11-23/h2-3,8-9,12,15-16H,1,4-7,10-11,13H2,(H,22,25). The first-order chi connectivity index (χ1) is 13.1. The van der Waals surface area contributed by atoms with Crippen LogP contribution in [0, 0.1) is 11.8 Å². The zero-order valence-corrected chi connectivity index (χ0v) is 15.3. The molecule has 2 fully saturated rings. The van der Waals surface area contributed by atoms with Crippen molar-refractivity contribution in [3.63, 3.8) is 0 Å². The molecule has 0 radical (unpaired) electrons. The molecule has 0 saturated carbocycles. The predicted molar refractivity (Wildman–Crippen MR) is 101 cm³/mol. The van der Waals surface area contributed by atoms with Crippen LogP contribution >= 0.6 is 0 Å². The highest BCUT2D eigenvalue weighted by Gasteiger charge is 2.47. The summed E-state index contributed by atoms with van der Waals surface area (Å²) in [7, 11) is 0. The van der Waals surface area contributed by atoms with Gasteiger partial charge in [0.05, 0.1) is 23.7 Å². The topological polar surface area (TPSA) is 82.6 Å². The predicted octanol–water partition coefficient (Wildman–Crippen LogP) is 1.96. The summed E-state index contributed by atoms with van der Waals surface area (Å²) in [6.07, 6.45) is 10.3. The zero-order chi connectivity index (χ0) is 18.8. The quantitative estimate of drug-likeness (QED) is 0.649. The molecule has 7 nitrogen and oxygen atoms in total.